The highest BCUT2D eigenvalue weighted by molar-refractivity contribution is 7.91. The molecule has 1 aliphatic rings. The minimum Gasteiger partial charge on any atom is -0.497 e. The van der Waals surface area contributed by atoms with Crippen LogP contribution in [0.3, 0.4) is 0 Å². The van der Waals surface area contributed by atoms with Crippen LogP contribution in [-0.4, -0.2) is 60.8 Å². The zero-order valence-electron chi connectivity index (χ0n) is 14.8. The SMILES string of the molecule is COc1cccc(-n2cc(C(C)NC(=O)N3CCS(=O)(=O)CC3)cn2)c1. The van der Waals surface area contributed by atoms with Crippen molar-refractivity contribution in [2.75, 3.05) is 31.7 Å². The molecule has 0 saturated carbocycles. The Morgan fingerprint density at radius 3 is 2.73 bits per heavy atom. The number of aromatic nitrogens is 2. The lowest BCUT2D eigenvalue weighted by Crippen LogP contribution is -2.48. The molecule has 0 radical (unpaired) electrons. The van der Waals surface area contributed by atoms with Crippen molar-refractivity contribution in [2.24, 2.45) is 0 Å². The van der Waals surface area contributed by atoms with Gasteiger partial charge in [-0.05, 0) is 19.1 Å². The van der Waals surface area contributed by atoms with Crippen molar-refractivity contribution in [2.45, 2.75) is 13.0 Å². The van der Waals surface area contributed by atoms with Crippen LogP contribution in [0.15, 0.2) is 36.7 Å². The maximum atomic E-state index is 12.3. The third-order valence-electron chi connectivity index (χ3n) is 4.39. The molecule has 1 aliphatic heterocycles. The molecule has 0 aliphatic carbocycles. The summed E-state index contributed by atoms with van der Waals surface area (Å²) in [7, 11) is -1.40. The molecule has 1 saturated heterocycles. The van der Waals surface area contributed by atoms with E-state index in [9.17, 15) is 13.2 Å². The second kappa shape index (κ2) is 7.36. The van der Waals surface area contributed by atoms with Crippen molar-refractivity contribution < 1.29 is 17.9 Å². The number of sulfone groups is 1. The zero-order chi connectivity index (χ0) is 18.7. The Labute approximate surface area is 152 Å². The first-order chi connectivity index (χ1) is 12.4. The molecule has 2 heterocycles. The Balaban J connectivity index is 1.64. The van der Waals surface area contributed by atoms with E-state index in [4.69, 9.17) is 4.74 Å². The highest BCUT2D eigenvalue weighted by Gasteiger charge is 2.26. The first-order valence-electron chi connectivity index (χ1n) is 8.33. The number of nitrogens with one attached hydrogen (secondary N) is 1. The van der Waals surface area contributed by atoms with E-state index >= 15 is 0 Å². The van der Waals surface area contributed by atoms with Crippen LogP contribution in [0.5, 0.6) is 5.75 Å². The number of carbonyl (C=O) groups is 1. The summed E-state index contributed by atoms with van der Waals surface area (Å²) in [6, 6.07) is 7.01. The van der Waals surface area contributed by atoms with E-state index in [0.717, 1.165) is 17.0 Å². The molecule has 1 atom stereocenters. The highest BCUT2D eigenvalue weighted by Crippen LogP contribution is 2.18. The van der Waals surface area contributed by atoms with Gasteiger partial charge in [-0.25, -0.2) is 17.9 Å². The highest BCUT2D eigenvalue weighted by atomic mass is 32.2. The summed E-state index contributed by atoms with van der Waals surface area (Å²) < 4.78 is 29.9. The van der Waals surface area contributed by atoms with Gasteiger partial charge >= 0.3 is 6.03 Å². The van der Waals surface area contributed by atoms with E-state index in [0.29, 0.717) is 0 Å². The van der Waals surface area contributed by atoms with Gasteiger partial charge in [0.15, 0.2) is 9.84 Å². The van der Waals surface area contributed by atoms with Gasteiger partial charge in [-0.15, -0.1) is 0 Å². The van der Waals surface area contributed by atoms with E-state index in [1.54, 1.807) is 18.0 Å². The second-order valence-corrected chi connectivity index (χ2v) is 8.53. The standard InChI is InChI=1S/C17H22N4O4S/c1-13(19-17(22)20-6-8-26(23,24)9-7-20)14-11-18-21(12-14)15-4-3-5-16(10-15)25-2/h3-5,10-13H,6-9H2,1-2H3,(H,19,22). The van der Waals surface area contributed by atoms with E-state index in [-0.39, 0.29) is 36.7 Å². The topological polar surface area (TPSA) is 93.5 Å². The molecule has 26 heavy (non-hydrogen) atoms. The van der Waals surface area contributed by atoms with Crippen LogP contribution in [0.25, 0.3) is 5.69 Å². The lowest BCUT2D eigenvalue weighted by molar-refractivity contribution is 0.199. The monoisotopic (exact) mass is 378 g/mol. The van der Waals surface area contributed by atoms with Crippen LogP contribution < -0.4 is 10.1 Å². The molecule has 8 nitrogen and oxygen atoms in total. The Kier molecular flexibility index (Phi) is 5.17. The Hall–Kier alpha value is -2.55. The van der Waals surface area contributed by atoms with Crippen molar-refractivity contribution in [3.05, 3.63) is 42.2 Å². The fraction of sp³-hybridized carbons (Fsp3) is 0.412. The maximum absolute atomic E-state index is 12.3. The first kappa shape index (κ1) is 18.2. The molecule has 1 fully saturated rings. The van der Waals surface area contributed by atoms with Gasteiger partial charge in [0, 0.05) is 30.9 Å². The summed E-state index contributed by atoms with van der Waals surface area (Å²) in [5.74, 6) is 0.770. The summed E-state index contributed by atoms with van der Waals surface area (Å²) in [4.78, 5) is 13.9. The van der Waals surface area contributed by atoms with E-state index in [1.165, 1.54) is 4.90 Å². The average molecular weight is 378 g/mol. The normalized spacial score (nSPS) is 17.5. The minimum absolute atomic E-state index is 0.0164. The molecular formula is C17H22N4O4S. The number of carbonyl (C=O) groups excluding carboxylic acids is 1. The Morgan fingerprint density at radius 2 is 2.04 bits per heavy atom. The number of methoxy groups -OCH3 is 1. The molecule has 0 bridgehead atoms. The third kappa shape index (κ3) is 4.16. The van der Waals surface area contributed by atoms with Gasteiger partial charge < -0.3 is 15.0 Å². The molecule has 1 aromatic heterocycles. The summed E-state index contributed by atoms with van der Waals surface area (Å²) in [5.41, 5.74) is 1.71. The summed E-state index contributed by atoms with van der Waals surface area (Å²) in [6.45, 7) is 2.32. The van der Waals surface area contributed by atoms with Gasteiger partial charge in [-0.2, -0.15) is 5.10 Å². The fourth-order valence-electron chi connectivity index (χ4n) is 2.73. The van der Waals surface area contributed by atoms with Gasteiger partial charge in [0.1, 0.15) is 5.75 Å². The lowest BCUT2D eigenvalue weighted by atomic mass is 10.2. The largest absolute Gasteiger partial charge is 0.497 e. The Bertz CT molecular complexity index is 880. The average Bonchev–Trinajstić information content (AvgIpc) is 3.12. The summed E-state index contributed by atoms with van der Waals surface area (Å²) in [5, 5.41) is 7.23. The fourth-order valence-corrected chi connectivity index (χ4v) is 3.93. The van der Waals surface area contributed by atoms with Crippen LogP contribution in [0.4, 0.5) is 4.79 Å². The summed E-state index contributed by atoms with van der Waals surface area (Å²) >= 11 is 0. The van der Waals surface area contributed by atoms with E-state index in [1.807, 2.05) is 37.4 Å². The molecule has 9 heteroatoms. The van der Waals surface area contributed by atoms with Crippen molar-refractivity contribution in [3.8, 4) is 11.4 Å². The van der Waals surface area contributed by atoms with Crippen LogP contribution >= 0.6 is 0 Å². The number of hydrogen-bond acceptors (Lipinski definition) is 5. The first-order valence-corrected chi connectivity index (χ1v) is 10.1. The number of hydrogen-bond donors (Lipinski definition) is 1. The number of amides is 2. The third-order valence-corrected chi connectivity index (χ3v) is 6.00. The predicted octanol–water partition coefficient (Wildman–Crippen LogP) is 1.38. The summed E-state index contributed by atoms with van der Waals surface area (Å²) in [6.07, 6.45) is 3.55. The molecule has 1 aromatic carbocycles. The lowest BCUT2D eigenvalue weighted by Gasteiger charge is -2.28. The second-order valence-electron chi connectivity index (χ2n) is 6.23. The van der Waals surface area contributed by atoms with Gasteiger partial charge in [0.25, 0.3) is 0 Å². The van der Waals surface area contributed by atoms with Crippen LogP contribution in [0.2, 0.25) is 0 Å². The molecule has 0 spiro atoms. The number of urea groups is 1. The zero-order valence-corrected chi connectivity index (χ0v) is 15.6. The van der Waals surface area contributed by atoms with E-state index < -0.39 is 9.84 Å². The number of benzene rings is 1. The molecule has 1 N–H and O–H groups in total. The smallest absolute Gasteiger partial charge is 0.317 e. The molecule has 3 rings (SSSR count). The predicted molar refractivity (Wildman–Crippen MR) is 97.3 cm³/mol. The van der Waals surface area contributed by atoms with Gasteiger partial charge in [0.05, 0.1) is 36.5 Å². The number of rotatable bonds is 4. The quantitative estimate of drug-likeness (QED) is 0.868. The van der Waals surface area contributed by atoms with Crippen LogP contribution in [-0.2, 0) is 9.84 Å². The number of ether oxygens (including phenoxy) is 1. The molecule has 2 aromatic rings. The maximum Gasteiger partial charge on any atom is 0.317 e. The van der Waals surface area contributed by atoms with E-state index in [2.05, 4.69) is 10.4 Å². The van der Waals surface area contributed by atoms with Crippen LogP contribution in [0.1, 0.15) is 18.5 Å². The van der Waals surface area contributed by atoms with Crippen molar-refractivity contribution in [3.63, 3.8) is 0 Å². The van der Waals surface area contributed by atoms with Crippen molar-refractivity contribution in [1.29, 1.82) is 0 Å². The molecular weight excluding hydrogens is 356 g/mol. The van der Waals surface area contributed by atoms with Gasteiger partial charge in [-0.1, -0.05) is 6.07 Å². The Morgan fingerprint density at radius 1 is 1.31 bits per heavy atom. The van der Waals surface area contributed by atoms with Gasteiger partial charge in [-0.3, -0.25) is 0 Å². The molecule has 2 amide bonds. The minimum atomic E-state index is -3.01. The molecule has 140 valence electrons. The molecule has 1 unspecified atom stereocenters. The van der Waals surface area contributed by atoms with Crippen molar-refractivity contribution >= 4 is 15.9 Å². The van der Waals surface area contributed by atoms with Crippen molar-refractivity contribution in [1.82, 2.24) is 20.0 Å². The number of nitrogens with zero attached hydrogens (tertiary/aromatic N) is 3. The van der Waals surface area contributed by atoms with Gasteiger partial charge in [0.2, 0.25) is 0 Å². The van der Waals surface area contributed by atoms with Crippen LogP contribution in [0, 0.1) is 0 Å².